The molecule has 0 spiro atoms. The van der Waals surface area contributed by atoms with E-state index in [2.05, 4.69) is 36.3 Å². The fourth-order valence-electron chi connectivity index (χ4n) is 2.33. The lowest BCUT2D eigenvalue weighted by molar-refractivity contribution is 0.402. The third kappa shape index (κ3) is 2.51. The van der Waals surface area contributed by atoms with Crippen molar-refractivity contribution in [2.45, 2.75) is 26.8 Å². The average molecular weight is 276 g/mol. The van der Waals surface area contributed by atoms with Crippen molar-refractivity contribution in [2.24, 2.45) is 0 Å². The van der Waals surface area contributed by atoms with Gasteiger partial charge in [-0.15, -0.1) is 11.3 Å². The van der Waals surface area contributed by atoms with Crippen molar-refractivity contribution in [1.82, 2.24) is 10.3 Å². The molecule has 1 N–H and O–H groups in total. The highest BCUT2D eigenvalue weighted by atomic mass is 32.1. The lowest BCUT2D eigenvalue weighted by atomic mass is 9.97. The minimum absolute atomic E-state index is 0.127. The van der Waals surface area contributed by atoms with Crippen LogP contribution in [-0.4, -0.2) is 19.1 Å². The van der Waals surface area contributed by atoms with Crippen LogP contribution in [0.2, 0.25) is 0 Å². The van der Waals surface area contributed by atoms with Crippen molar-refractivity contribution in [3.63, 3.8) is 0 Å². The van der Waals surface area contributed by atoms with E-state index in [1.807, 2.05) is 19.5 Å². The number of aryl methyl sites for hydroxylation is 2. The molecule has 1 aromatic carbocycles. The molecule has 0 amide bonds. The van der Waals surface area contributed by atoms with Crippen molar-refractivity contribution in [3.05, 3.63) is 44.9 Å². The van der Waals surface area contributed by atoms with Crippen LogP contribution in [0.25, 0.3) is 0 Å². The highest BCUT2D eigenvalue weighted by Crippen LogP contribution is 2.36. The van der Waals surface area contributed by atoms with Crippen LogP contribution in [0.5, 0.6) is 5.75 Å². The SMILES string of the molecule is CNC(c1ccc(C)c(C)c1OC)c1scnc1C. The number of benzene rings is 1. The van der Waals surface area contributed by atoms with Crippen molar-refractivity contribution in [2.75, 3.05) is 14.2 Å². The van der Waals surface area contributed by atoms with Crippen LogP contribution in [0.4, 0.5) is 0 Å². The first kappa shape index (κ1) is 14.0. The maximum absolute atomic E-state index is 5.62. The van der Waals surface area contributed by atoms with Gasteiger partial charge in [0.25, 0.3) is 0 Å². The fourth-order valence-corrected chi connectivity index (χ4v) is 3.25. The number of hydrogen-bond acceptors (Lipinski definition) is 4. The molecular formula is C15H20N2OS. The summed E-state index contributed by atoms with van der Waals surface area (Å²) in [4.78, 5) is 5.58. The highest BCUT2D eigenvalue weighted by molar-refractivity contribution is 7.09. The number of rotatable bonds is 4. The topological polar surface area (TPSA) is 34.1 Å². The molecule has 1 aromatic heterocycles. The first-order valence-electron chi connectivity index (χ1n) is 6.31. The van der Waals surface area contributed by atoms with Crippen molar-refractivity contribution in [3.8, 4) is 5.75 Å². The standard InChI is InChI=1S/C15H20N2OS/c1-9-6-7-12(14(18-5)10(9)2)13(16-4)15-11(3)17-8-19-15/h6-8,13,16H,1-5H3. The first-order chi connectivity index (χ1) is 9.10. The van der Waals surface area contributed by atoms with Gasteiger partial charge in [0.2, 0.25) is 0 Å². The van der Waals surface area contributed by atoms with E-state index >= 15 is 0 Å². The number of aromatic nitrogens is 1. The van der Waals surface area contributed by atoms with Crippen LogP contribution in [0, 0.1) is 20.8 Å². The predicted octanol–water partition coefficient (Wildman–Crippen LogP) is 3.39. The normalized spacial score (nSPS) is 12.5. The van der Waals surface area contributed by atoms with Gasteiger partial charge >= 0.3 is 0 Å². The summed E-state index contributed by atoms with van der Waals surface area (Å²) < 4.78 is 5.62. The lowest BCUT2D eigenvalue weighted by Crippen LogP contribution is -2.18. The second-order valence-corrected chi connectivity index (χ2v) is 5.54. The molecule has 0 radical (unpaired) electrons. The molecule has 0 aliphatic carbocycles. The zero-order valence-electron chi connectivity index (χ0n) is 12.1. The molecule has 102 valence electrons. The van der Waals surface area contributed by atoms with E-state index < -0.39 is 0 Å². The van der Waals surface area contributed by atoms with E-state index in [1.54, 1.807) is 18.4 Å². The van der Waals surface area contributed by atoms with E-state index in [0.717, 1.165) is 11.4 Å². The minimum Gasteiger partial charge on any atom is -0.496 e. The molecule has 0 fully saturated rings. The van der Waals surface area contributed by atoms with Gasteiger partial charge in [0, 0.05) is 10.4 Å². The summed E-state index contributed by atoms with van der Waals surface area (Å²) in [7, 11) is 3.70. The summed E-state index contributed by atoms with van der Waals surface area (Å²) in [6, 6.07) is 4.41. The third-order valence-corrected chi connectivity index (χ3v) is 4.55. The Hall–Kier alpha value is -1.39. The smallest absolute Gasteiger partial charge is 0.127 e. The molecule has 19 heavy (non-hydrogen) atoms. The molecule has 2 rings (SSSR count). The van der Waals surface area contributed by atoms with Gasteiger partial charge < -0.3 is 10.1 Å². The molecule has 1 atom stereocenters. The summed E-state index contributed by atoms with van der Waals surface area (Å²) in [6.45, 7) is 6.25. The zero-order chi connectivity index (χ0) is 14.0. The Morgan fingerprint density at radius 3 is 2.53 bits per heavy atom. The van der Waals surface area contributed by atoms with Crippen LogP contribution < -0.4 is 10.1 Å². The molecule has 4 heteroatoms. The van der Waals surface area contributed by atoms with E-state index in [0.29, 0.717) is 0 Å². The Morgan fingerprint density at radius 1 is 1.26 bits per heavy atom. The average Bonchev–Trinajstić information content (AvgIpc) is 2.81. The molecule has 0 bridgehead atoms. The first-order valence-corrected chi connectivity index (χ1v) is 7.19. The molecule has 3 nitrogen and oxygen atoms in total. The number of nitrogens with one attached hydrogen (secondary N) is 1. The summed E-state index contributed by atoms with van der Waals surface area (Å²) >= 11 is 1.68. The van der Waals surface area contributed by atoms with Gasteiger partial charge in [0.05, 0.1) is 24.4 Å². The molecule has 1 unspecified atom stereocenters. The van der Waals surface area contributed by atoms with Crippen molar-refractivity contribution >= 4 is 11.3 Å². The Morgan fingerprint density at radius 2 is 2.00 bits per heavy atom. The maximum atomic E-state index is 5.62. The number of methoxy groups -OCH3 is 1. The minimum atomic E-state index is 0.127. The summed E-state index contributed by atoms with van der Waals surface area (Å²) in [6.07, 6.45) is 0. The van der Waals surface area contributed by atoms with Crippen LogP contribution in [0.3, 0.4) is 0 Å². The number of nitrogens with zero attached hydrogens (tertiary/aromatic N) is 1. The molecule has 0 aliphatic rings. The highest BCUT2D eigenvalue weighted by Gasteiger charge is 2.21. The van der Waals surface area contributed by atoms with E-state index in [9.17, 15) is 0 Å². The number of ether oxygens (including phenoxy) is 1. The van der Waals surface area contributed by atoms with Crippen molar-refractivity contribution < 1.29 is 4.74 Å². The van der Waals surface area contributed by atoms with Crippen LogP contribution in [0.15, 0.2) is 17.6 Å². The second kappa shape index (κ2) is 5.72. The Kier molecular flexibility index (Phi) is 4.22. The maximum Gasteiger partial charge on any atom is 0.127 e. The summed E-state index contributed by atoms with van der Waals surface area (Å²) in [5.41, 5.74) is 6.58. The van der Waals surface area contributed by atoms with Gasteiger partial charge in [-0.25, -0.2) is 4.98 Å². The van der Waals surface area contributed by atoms with Gasteiger partial charge in [-0.1, -0.05) is 12.1 Å². The van der Waals surface area contributed by atoms with Crippen LogP contribution in [0.1, 0.15) is 33.3 Å². The van der Waals surface area contributed by atoms with Crippen LogP contribution >= 0.6 is 11.3 Å². The molecule has 0 aliphatic heterocycles. The monoisotopic (exact) mass is 276 g/mol. The van der Waals surface area contributed by atoms with Crippen molar-refractivity contribution in [1.29, 1.82) is 0 Å². The number of thiazole rings is 1. The van der Waals surface area contributed by atoms with Crippen LogP contribution in [-0.2, 0) is 0 Å². The lowest BCUT2D eigenvalue weighted by Gasteiger charge is -2.21. The van der Waals surface area contributed by atoms with Gasteiger partial charge in [0.15, 0.2) is 0 Å². The zero-order valence-corrected chi connectivity index (χ0v) is 12.9. The summed E-state index contributed by atoms with van der Waals surface area (Å²) in [5.74, 6) is 0.965. The number of hydrogen-bond donors (Lipinski definition) is 1. The molecule has 1 heterocycles. The largest absolute Gasteiger partial charge is 0.496 e. The molecule has 0 saturated carbocycles. The Bertz CT molecular complexity index is 578. The molecule has 2 aromatic rings. The van der Waals surface area contributed by atoms with Gasteiger partial charge in [-0.3, -0.25) is 0 Å². The van der Waals surface area contributed by atoms with E-state index in [1.165, 1.54) is 21.6 Å². The van der Waals surface area contributed by atoms with E-state index in [-0.39, 0.29) is 6.04 Å². The Balaban J connectivity index is 2.56. The van der Waals surface area contributed by atoms with Gasteiger partial charge in [-0.2, -0.15) is 0 Å². The van der Waals surface area contributed by atoms with Gasteiger partial charge in [0.1, 0.15) is 5.75 Å². The van der Waals surface area contributed by atoms with Gasteiger partial charge in [-0.05, 0) is 38.9 Å². The Labute approximate surface area is 118 Å². The fraction of sp³-hybridized carbons (Fsp3) is 0.400. The molecule has 0 saturated heterocycles. The quantitative estimate of drug-likeness (QED) is 0.929. The predicted molar refractivity (Wildman–Crippen MR) is 80.2 cm³/mol. The second-order valence-electron chi connectivity index (χ2n) is 4.65. The van der Waals surface area contributed by atoms with E-state index in [4.69, 9.17) is 4.74 Å². The third-order valence-electron chi connectivity index (χ3n) is 3.56. The molecular weight excluding hydrogens is 256 g/mol. The summed E-state index contributed by atoms with van der Waals surface area (Å²) in [5, 5.41) is 3.37.